The van der Waals surface area contributed by atoms with E-state index in [2.05, 4.69) is 29.6 Å². The second-order valence-corrected chi connectivity index (χ2v) is 8.09. The minimum Gasteiger partial charge on any atom is -0.497 e. The number of anilines is 2. The van der Waals surface area contributed by atoms with Gasteiger partial charge in [-0.3, -0.25) is 0 Å². The molecule has 1 N–H and O–H groups in total. The highest BCUT2D eigenvalue weighted by Gasteiger charge is 2.35. The van der Waals surface area contributed by atoms with Crippen molar-refractivity contribution in [2.45, 2.75) is 5.92 Å². The maximum Gasteiger partial charge on any atom is 0.342 e. The predicted octanol–water partition coefficient (Wildman–Crippen LogP) is 6.20. The molecule has 1 atom stereocenters. The first kappa shape index (κ1) is 19.4. The molecule has 5 heteroatoms. The van der Waals surface area contributed by atoms with E-state index < -0.39 is 5.92 Å². The monoisotopic (exact) mass is 435 g/mol. The second kappa shape index (κ2) is 7.41. The van der Waals surface area contributed by atoms with Crippen molar-refractivity contribution in [2.24, 2.45) is 0 Å². The van der Waals surface area contributed by atoms with Crippen molar-refractivity contribution < 1.29 is 13.9 Å². The van der Waals surface area contributed by atoms with Crippen LogP contribution in [0.2, 0.25) is 0 Å². The molecule has 0 radical (unpaired) electrons. The normalized spacial score (nSPS) is 14.4. The third kappa shape index (κ3) is 2.89. The number of rotatable bonds is 3. The van der Waals surface area contributed by atoms with E-state index in [0.29, 0.717) is 22.6 Å². The van der Waals surface area contributed by atoms with E-state index in [-0.39, 0.29) is 5.63 Å². The van der Waals surface area contributed by atoms with Gasteiger partial charge in [-0.05, 0) is 52.7 Å². The molecular formula is C28H21NO4. The van der Waals surface area contributed by atoms with Crippen LogP contribution >= 0.6 is 0 Å². The Morgan fingerprint density at radius 1 is 0.818 bits per heavy atom. The summed E-state index contributed by atoms with van der Waals surface area (Å²) in [7, 11) is 3.27. The summed E-state index contributed by atoms with van der Waals surface area (Å²) in [5.41, 5.74) is 4.31. The molecule has 0 bridgehead atoms. The van der Waals surface area contributed by atoms with Crippen molar-refractivity contribution in [3.8, 4) is 11.5 Å². The molecule has 1 aliphatic rings. The van der Waals surface area contributed by atoms with E-state index in [4.69, 9.17) is 13.9 Å². The molecule has 5 nitrogen and oxygen atoms in total. The lowest BCUT2D eigenvalue weighted by atomic mass is 9.78. The van der Waals surface area contributed by atoms with Gasteiger partial charge in [0.15, 0.2) is 0 Å². The van der Waals surface area contributed by atoms with Crippen LogP contribution in [0.4, 0.5) is 11.4 Å². The topological polar surface area (TPSA) is 60.7 Å². The molecule has 0 spiro atoms. The molecule has 33 heavy (non-hydrogen) atoms. The molecule has 0 saturated carbocycles. The summed E-state index contributed by atoms with van der Waals surface area (Å²) in [6.45, 7) is 0. The standard InChI is InChI=1S/C28H21NO4/c1-31-17-12-14-22(32-2)20(15-17)25-24-18-8-4-3-7-16(18)11-13-21(24)29-27-19-9-5-6-10-23(19)33-28(30)26(25)27/h3-15,25,29H,1-2H3. The largest absolute Gasteiger partial charge is 0.497 e. The molecule has 0 saturated heterocycles. The van der Waals surface area contributed by atoms with Gasteiger partial charge in [-0.25, -0.2) is 4.79 Å². The smallest absolute Gasteiger partial charge is 0.342 e. The van der Waals surface area contributed by atoms with Crippen LogP contribution in [0.5, 0.6) is 11.5 Å². The molecule has 1 aliphatic heterocycles. The van der Waals surface area contributed by atoms with Crippen LogP contribution in [0.15, 0.2) is 88.1 Å². The highest BCUT2D eigenvalue weighted by Crippen LogP contribution is 2.50. The predicted molar refractivity (Wildman–Crippen MR) is 130 cm³/mol. The van der Waals surface area contributed by atoms with Gasteiger partial charge in [0.1, 0.15) is 17.1 Å². The molecule has 6 rings (SSSR count). The summed E-state index contributed by atoms with van der Waals surface area (Å²) in [6, 6.07) is 25.6. The van der Waals surface area contributed by atoms with Crippen LogP contribution < -0.4 is 20.4 Å². The van der Waals surface area contributed by atoms with Crippen LogP contribution in [0.1, 0.15) is 22.6 Å². The van der Waals surface area contributed by atoms with Gasteiger partial charge in [-0.2, -0.15) is 0 Å². The van der Waals surface area contributed by atoms with Crippen molar-refractivity contribution in [3.05, 3.63) is 106 Å². The molecule has 0 aliphatic carbocycles. The number of ether oxygens (including phenoxy) is 2. The molecule has 5 aromatic rings. The second-order valence-electron chi connectivity index (χ2n) is 8.09. The van der Waals surface area contributed by atoms with Gasteiger partial charge in [0.2, 0.25) is 0 Å². The molecule has 1 aromatic heterocycles. The average molecular weight is 435 g/mol. The summed E-state index contributed by atoms with van der Waals surface area (Å²) >= 11 is 0. The Morgan fingerprint density at radius 3 is 2.42 bits per heavy atom. The Morgan fingerprint density at radius 2 is 1.61 bits per heavy atom. The van der Waals surface area contributed by atoms with Crippen LogP contribution in [-0.2, 0) is 0 Å². The lowest BCUT2D eigenvalue weighted by molar-refractivity contribution is 0.398. The lowest BCUT2D eigenvalue weighted by Gasteiger charge is -2.31. The molecule has 2 heterocycles. The van der Waals surface area contributed by atoms with E-state index in [1.807, 2.05) is 54.6 Å². The van der Waals surface area contributed by atoms with Gasteiger partial charge in [-0.1, -0.05) is 42.5 Å². The highest BCUT2D eigenvalue weighted by molar-refractivity contribution is 6.00. The van der Waals surface area contributed by atoms with Gasteiger partial charge >= 0.3 is 5.63 Å². The number of nitrogens with one attached hydrogen (secondary N) is 1. The van der Waals surface area contributed by atoms with Crippen molar-refractivity contribution in [1.82, 2.24) is 0 Å². The Bertz CT molecular complexity index is 1600. The third-order valence-corrected chi connectivity index (χ3v) is 6.40. The third-order valence-electron chi connectivity index (χ3n) is 6.40. The fourth-order valence-corrected chi connectivity index (χ4v) is 4.93. The highest BCUT2D eigenvalue weighted by atomic mass is 16.5. The molecule has 0 fully saturated rings. The quantitative estimate of drug-likeness (QED) is 0.335. The van der Waals surface area contributed by atoms with Gasteiger partial charge in [0, 0.05) is 22.6 Å². The van der Waals surface area contributed by atoms with Crippen molar-refractivity contribution in [1.29, 1.82) is 0 Å². The Balaban J connectivity index is 1.78. The zero-order chi connectivity index (χ0) is 22.5. The molecule has 4 aromatic carbocycles. The Hall–Kier alpha value is -4.25. The average Bonchev–Trinajstić information content (AvgIpc) is 2.87. The van der Waals surface area contributed by atoms with Crippen LogP contribution in [-0.4, -0.2) is 14.2 Å². The number of fused-ring (bicyclic) bond motifs is 6. The van der Waals surface area contributed by atoms with Crippen molar-refractivity contribution >= 4 is 33.1 Å². The maximum absolute atomic E-state index is 13.5. The molecule has 0 amide bonds. The van der Waals surface area contributed by atoms with E-state index in [9.17, 15) is 4.79 Å². The number of hydrogen-bond donors (Lipinski definition) is 1. The number of benzene rings is 4. The maximum atomic E-state index is 13.5. The van der Waals surface area contributed by atoms with E-state index in [1.165, 1.54) is 0 Å². The number of hydrogen-bond acceptors (Lipinski definition) is 5. The minimum absolute atomic E-state index is 0.371. The molecule has 162 valence electrons. The van der Waals surface area contributed by atoms with Crippen molar-refractivity contribution in [2.75, 3.05) is 19.5 Å². The van der Waals surface area contributed by atoms with Crippen LogP contribution in [0, 0.1) is 0 Å². The Labute approximate surface area is 190 Å². The van der Waals surface area contributed by atoms with Crippen molar-refractivity contribution in [3.63, 3.8) is 0 Å². The first-order valence-corrected chi connectivity index (χ1v) is 10.8. The van der Waals surface area contributed by atoms with Crippen LogP contribution in [0.25, 0.3) is 21.7 Å². The summed E-state index contributed by atoms with van der Waals surface area (Å²) in [5, 5.41) is 6.57. The summed E-state index contributed by atoms with van der Waals surface area (Å²) < 4.78 is 17.1. The van der Waals surface area contributed by atoms with Gasteiger partial charge in [0.25, 0.3) is 0 Å². The summed E-state index contributed by atoms with van der Waals surface area (Å²) in [5.74, 6) is 0.964. The zero-order valence-electron chi connectivity index (χ0n) is 18.2. The van der Waals surface area contributed by atoms with E-state index >= 15 is 0 Å². The Kier molecular flexibility index (Phi) is 4.37. The molecule has 1 unspecified atom stereocenters. The number of para-hydroxylation sites is 1. The summed E-state index contributed by atoms with van der Waals surface area (Å²) in [6.07, 6.45) is 0. The van der Waals surface area contributed by atoms with E-state index in [0.717, 1.165) is 38.7 Å². The SMILES string of the molecule is COc1ccc(OC)c(C2c3c(c4ccccc4oc3=O)Nc3ccc4ccccc4c32)c1. The van der Waals surface area contributed by atoms with Gasteiger partial charge in [0.05, 0.1) is 25.5 Å². The van der Waals surface area contributed by atoms with Crippen LogP contribution in [0.3, 0.4) is 0 Å². The fraction of sp³-hybridized carbons (Fsp3) is 0.107. The summed E-state index contributed by atoms with van der Waals surface area (Å²) in [4.78, 5) is 13.5. The fourth-order valence-electron chi connectivity index (χ4n) is 4.93. The van der Waals surface area contributed by atoms with E-state index in [1.54, 1.807) is 14.2 Å². The first-order valence-electron chi connectivity index (χ1n) is 10.8. The van der Waals surface area contributed by atoms with Gasteiger partial charge in [-0.15, -0.1) is 0 Å². The first-order chi connectivity index (χ1) is 16.2. The minimum atomic E-state index is -0.409. The lowest BCUT2D eigenvalue weighted by Crippen LogP contribution is -2.23. The van der Waals surface area contributed by atoms with Gasteiger partial charge < -0.3 is 19.2 Å². The zero-order valence-corrected chi connectivity index (χ0v) is 18.2. The molecular weight excluding hydrogens is 414 g/mol. The number of methoxy groups -OCH3 is 2.